The second-order valence-corrected chi connectivity index (χ2v) is 5.08. The van der Waals surface area contributed by atoms with Crippen molar-refractivity contribution >= 4 is 5.91 Å². The van der Waals surface area contributed by atoms with Crippen molar-refractivity contribution in [2.24, 2.45) is 0 Å². The Bertz CT molecular complexity index is 629. The third-order valence-electron chi connectivity index (χ3n) is 3.34. The molecule has 2 aromatic rings. The Morgan fingerprint density at radius 2 is 2.00 bits per heavy atom. The Morgan fingerprint density at radius 3 is 2.64 bits per heavy atom. The minimum Gasteiger partial charge on any atom is -0.505 e. The molecule has 0 radical (unpaired) electrons. The van der Waals surface area contributed by atoms with Crippen molar-refractivity contribution in [3.05, 3.63) is 59.7 Å². The summed E-state index contributed by atoms with van der Waals surface area (Å²) in [5.41, 5.74) is 0.877. The Labute approximate surface area is 129 Å². The van der Waals surface area contributed by atoms with Gasteiger partial charge in [0, 0.05) is 19.3 Å². The van der Waals surface area contributed by atoms with Gasteiger partial charge in [0.1, 0.15) is 11.6 Å². The molecule has 5 heteroatoms. The van der Waals surface area contributed by atoms with Crippen LogP contribution in [0.3, 0.4) is 0 Å². The van der Waals surface area contributed by atoms with E-state index >= 15 is 0 Å². The Morgan fingerprint density at radius 1 is 1.27 bits per heavy atom. The van der Waals surface area contributed by atoms with E-state index in [-0.39, 0.29) is 23.2 Å². The third kappa shape index (κ3) is 4.04. The lowest BCUT2D eigenvalue weighted by Crippen LogP contribution is -2.32. The van der Waals surface area contributed by atoms with Gasteiger partial charge in [0.25, 0.3) is 5.91 Å². The van der Waals surface area contributed by atoms with Crippen LogP contribution in [0.2, 0.25) is 0 Å². The highest BCUT2D eigenvalue weighted by Gasteiger charge is 2.20. The van der Waals surface area contributed by atoms with Gasteiger partial charge in [0.2, 0.25) is 0 Å². The second-order valence-electron chi connectivity index (χ2n) is 5.08. The summed E-state index contributed by atoms with van der Waals surface area (Å²) >= 11 is 0. The van der Waals surface area contributed by atoms with E-state index in [9.17, 15) is 14.3 Å². The SMILES string of the molecule is CCCCN(Cc1ccc(F)cc1)C(=O)c1ncccc1O. The lowest BCUT2D eigenvalue weighted by Gasteiger charge is -2.22. The number of aromatic nitrogens is 1. The van der Waals surface area contributed by atoms with E-state index in [0.29, 0.717) is 13.1 Å². The minimum absolute atomic E-state index is 0.0423. The fourth-order valence-corrected chi connectivity index (χ4v) is 2.12. The van der Waals surface area contributed by atoms with Crippen molar-refractivity contribution in [3.63, 3.8) is 0 Å². The quantitative estimate of drug-likeness (QED) is 0.890. The van der Waals surface area contributed by atoms with Gasteiger partial charge in [0.15, 0.2) is 5.69 Å². The maximum Gasteiger partial charge on any atom is 0.276 e. The normalized spacial score (nSPS) is 10.5. The number of hydrogen-bond acceptors (Lipinski definition) is 3. The average Bonchev–Trinajstić information content (AvgIpc) is 2.53. The van der Waals surface area contributed by atoms with Crippen LogP contribution in [0.1, 0.15) is 35.8 Å². The summed E-state index contributed by atoms with van der Waals surface area (Å²) in [6, 6.07) is 9.06. The Kier molecular flexibility index (Phi) is 5.47. The molecule has 0 fully saturated rings. The summed E-state index contributed by atoms with van der Waals surface area (Å²) in [6.07, 6.45) is 3.27. The predicted molar refractivity (Wildman–Crippen MR) is 82.0 cm³/mol. The van der Waals surface area contributed by atoms with E-state index in [0.717, 1.165) is 18.4 Å². The topological polar surface area (TPSA) is 53.4 Å². The number of benzene rings is 1. The summed E-state index contributed by atoms with van der Waals surface area (Å²) in [7, 11) is 0. The van der Waals surface area contributed by atoms with Gasteiger partial charge in [-0.3, -0.25) is 4.79 Å². The van der Waals surface area contributed by atoms with Gasteiger partial charge in [-0.2, -0.15) is 0 Å². The molecule has 1 heterocycles. The molecule has 1 amide bonds. The number of aromatic hydroxyl groups is 1. The molecule has 2 rings (SSSR count). The lowest BCUT2D eigenvalue weighted by atomic mass is 10.2. The molecule has 0 bridgehead atoms. The van der Waals surface area contributed by atoms with Crippen molar-refractivity contribution in [1.82, 2.24) is 9.88 Å². The first kappa shape index (κ1) is 15.9. The Hall–Kier alpha value is -2.43. The highest BCUT2D eigenvalue weighted by Crippen LogP contribution is 2.17. The standard InChI is InChI=1S/C17H19FN2O2/c1-2-3-11-20(12-13-6-8-14(18)9-7-13)17(22)16-15(21)5-4-10-19-16/h4-10,21H,2-3,11-12H2,1H3. The van der Waals surface area contributed by atoms with Gasteiger partial charge in [-0.25, -0.2) is 9.37 Å². The molecule has 0 aliphatic carbocycles. The van der Waals surface area contributed by atoms with Crippen LogP contribution in [0.15, 0.2) is 42.6 Å². The van der Waals surface area contributed by atoms with Crippen molar-refractivity contribution in [3.8, 4) is 5.75 Å². The molecule has 1 N–H and O–H groups in total. The highest BCUT2D eigenvalue weighted by atomic mass is 19.1. The van der Waals surface area contributed by atoms with Crippen molar-refractivity contribution in [1.29, 1.82) is 0 Å². The molecule has 1 aromatic heterocycles. The third-order valence-corrected chi connectivity index (χ3v) is 3.34. The number of halogens is 1. The van der Waals surface area contributed by atoms with E-state index in [1.54, 1.807) is 23.1 Å². The molecule has 0 aliphatic heterocycles. The van der Waals surface area contributed by atoms with Gasteiger partial charge in [-0.15, -0.1) is 0 Å². The number of hydrogen-bond donors (Lipinski definition) is 1. The number of carbonyl (C=O) groups excluding carboxylic acids is 1. The predicted octanol–water partition coefficient (Wildman–Crippen LogP) is 3.37. The maximum atomic E-state index is 13.0. The molecule has 0 aliphatic rings. The van der Waals surface area contributed by atoms with Gasteiger partial charge in [-0.05, 0) is 36.2 Å². The van der Waals surface area contributed by atoms with E-state index in [1.807, 2.05) is 6.92 Å². The van der Waals surface area contributed by atoms with E-state index in [2.05, 4.69) is 4.98 Å². The number of unbranched alkanes of at least 4 members (excludes halogenated alkanes) is 1. The van der Waals surface area contributed by atoms with Crippen molar-refractivity contribution in [2.45, 2.75) is 26.3 Å². The van der Waals surface area contributed by atoms with Gasteiger partial charge >= 0.3 is 0 Å². The monoisotopic (exact) mass is 302 g/mol. The van der Waals surface area contributed by atoms with Gasteiger partial charge in [0.05, 0.1) is 0 Å². The van der Waals surface area contributed by atoms with Crippen LogP contribution in [0.4, 0.5) is 4.39 Å². The molecule has 0 saturated carbocycles. The van der Waals surface area contributed by atoms with Gasteiger partial charge < -0.3 is 10.0 Å². The molecule has 116 valence electrons. The number of amides is 1. The summed E-state index contributed by atoms with van der Waals surface area (Å²) < 4.78 is 13.0. The van der Waals surface area contributed by atoms with E-state index < -0.39 is 0 Å². The smallest absolute Gasteiger partial charge is 0.276 e. The molecule has 0 spiro atoms. The molecule has 0 saturated heterocycles. The van der Waals surface area contributed by atoms with Crippen LogP contribution in [-0.2, 0) is 6.54 Å². The molecule has 0 unspecified atom stereocenters. The number of pyridine rings is 1. The average molecular weight is 302 g/mol. The summed E-state index contributed by atoms with van der Waals surface area (Å²) in [6.45, 7) is 2.96. The first-order chi connectivity index (χ1) is 10.6. The van der Waals surface area contributed by atoms with Gasteiger partial charge in [-0.1, -0.05) is 25.5 Å². The molecule has 22 heavy (non-hydrogen) atoms. The van der Waals surface area contributed by atoms with Crippen LogP contribution in [-0.4, -0.2) is 27.4 Å². The van der Waals surface area contributed by atoms with Crippen LogP contribution in [0.25, 0.3) is 0 Å². The molecular formula is C17H19FN2O2. The fraction of sp³-hybridized carbons (Fsp3) is 0.294. The zero-order chi connectivity index (χ0) is 15.9. The second kappa shape index (κ2) is 7.54. The summed E-state index contributed by atoms with van der Waals surface area (Å²) in [4.78, 5) is 18.2. The highest BCUT2D eigenvalue weighted by molar-refractivity contribution is 5.94. The number of nitrogens with zero attached hydrogens (tertiary/aromatic N) is 2. The van der Waals surface area contributed by atoms with Crippen molar-refractivity contribution < 1.29 is 14.3 Å². The molecular weight excluding hydrogens is 283 g/mol. The van der Waals surface area contributed by atoms with Crippen LogP contribution in [0, 0.1) is 5.82 Å². The Balaban J connectivity index is 2.20. The van der Waals surface area contributed by atoms with Crippen LogP contribution < -0.4 is 0 Å². The lowest BCUT2D eigenvalue weighted by molar-refractivity contribution is 0.0731. The largest absolute Gasteiger partial charge is 0.505 e. The first-order valence-electron chi connectivity index (χ1n) is 7.29. The maximum absolute atomic E-state index is 13.0. The van der Waals surface area contributed by atoms with E-state index in [4.69, 9.17) is 0 Å². The van der Waals surface area contributed by atoms with Crippen LogP contribution >= 0.6 is 0 Å². The van der Waals surface area contributed by atoms with Crippen LogP contribution in [0.5, 0.6) is 5.75 Å². The van der Waals surface area contributed by atoms with E-state index in [1.165, 1.54) is 24.4 Å². The number of rotatable bonds is 6. The fourth-order valence-electron chi connectivity index (χ4n) is 2.12. The minimum atomic E-state index is -0.323. The zero-order valence-electron chi connectivity index (χ0n) is 12.5. The number of carbonyl (C=O) groups is 1. The molecule has 0 atom stereocenters. The molecule has 1 aromatic carbocycles. The first-order valence-corrected chi connectivity index (χ1v) is 7.29. The molecule has 4 nitrogen and oxygen atoms in total. The summed E-state index contributed by atoms with van der Waals surface area (Å²) in [5.74, 6) is -0.762. The zero-order valence-corrected chi connectivity index (χ0v) is 12.5. The summed E-state index contributed by atoms with van der Waals surface area (Å²) in [5, 5.41) is 9.80. The van der Waals surface area contributed by atoms with Crippen molar-refractivity contribution in [2.75, 3.05) is 6.54 Å².